The summed E-state index contributed by atoms with van der Waals surface area (Å²) in [5, 5.41) is 5.48. The molecule has 0 aromatic carbocycles. The Bertz CT molecular complexity index is 475. The number of amides is 4. The quantitative estimate of drug-likeness (QED) is 0.719. The zero-order valence-corrected chi connectivity index (χ0v) is 15.1. The third-order valence-corrected chi connectivity index (χ3v) is 5.81. The monoisotopic (exact) mass is 348 g/mol. The van der Waals surface area contributed by atoms with Gasteiger partial charge in [0.2, 0.25) is 0 Å². The SMILES string of the molecule is CCN(CC)C(=O)NC1CS(=O)(=O)CC1NC(=O)N(CC)CC. The molecule has 9 heteroatoms. The number of rotatable bonds is 6. The van der Waals surface area contributed by atoms with E-state index < -0.39 is 21.9 Å². The van der Waals surface area contributed by atoms with Gasteiger partial charge >= 0.3 is 12.1 Å². The van der Waals surface area contributed by atoms with Crippen LogP contribution in [0, 0.1) is 0 Å². The topological polar surface area (TPSA) is 98.8 Å². The summed E-state index contributed by atoms with van der Waals surface area (Å²) in [6, 6.07) is -1.82. The fourth-order valence-corrected chi connectivity index (χ4v) is 4.52. The maximum atomic E-state index is 12.1. The molecule has 0 saturated carbocycles. The van der Waals surface area contributed by atoms with Crippen molar-refractivity contribution in [2.45, 2.75) is 39.8 Å². The first kappa shape index (κ1) is 19.5. The van der Waals surface area contributed by atoms with Gasteiger partial charge in [-0.15, -0.1) is 0 Å². The summed E-state index contributed by atoms with van der Waals surface area (Å²) < 4.78 is 23.8. The summed E-state index contributed by atoms with van der Waals surface area (Å²) in [4.78, 5) is 27.4. The van der Waals surface area contributed by atoms with Crippen molar-refractivity contribution < 1.29 is 18.0 Å². The van der Waals surface area contributed by atoms with Gasteiger partial charge in [0, 0.05) is 26.2 Å². The molecule has 1 rings (SSSR count). The zero-order chi connectivity index (χ0) is 17.6. The van der Waals surface area contributed by atoms with Gasteiger partial charge < -0.3 is 20.4 Å². The lowest BCUT2D eigenvalue weighted by molar-refractivity contribution is 0.190. The molecule has 0 bridgehead atoms. The molecule has 0 aromatic rings. The predicted octanol–water partition coefficient (Wildman–Crippen LogP) is 0.255. The number of carbonyl (C=O) groups is 2. The number of hydrogen-bond acceptors (Lipinski definition) is 4. The van der Waals surface area contributed by atoms with Gasteiger partial charge in [-0.25, -0.2) is 18.0 Å². The second kappa shape index (κ2) is 8.37. The molecule has 2 atom stereocenters. The van der Waals surface area contributed by atoms with Gasteiger partial charge in [0.15, 0.2) is 9.84 Å². The van der Waals surface area contributed by atoms with Crippen LogP contribution in [0.25, 0.3) is 0 Å². The Kier molecular flexibility index (Phi) is 7.11. The summed E-state index contributed by atoms with van der Waals surface area (Å²) in [7, 11) is -3.28. The van der Waals surface area contributed by atoms with E-state index >= 15 is 0 Å². The highest BCUT2D eigenvalue weighted by Crippen LogP contribution is 2.14. The standard InChI is InChI=1S/C14H28N4O4S/c1-5-17(6-2)13(19)15-11-9-23(21,22)10-12(11)16-14(20)18(7-3)8-4/h11-12H,5-10H2,1-4H3,(H,15,19)(H,16,20). The van der Waals surface area contributed by atoms with E-state index in [1.807, 2.05) is 27.7 Å². The largest absolute Gasteiger partial charge is 0.332 e. The Morgan fingerprint density at radius 2 is 1.13 bits per heavy atom. The highest BCUT2D eigenvalue weighted by atomic mass is 32.2. The highest BCUT2D eigenvalue weighted by molar-refractivity contribution is 7.91. The number of urea groups is 2. The molecule has 1 aliphatic heterocycles. The first-order valence-electron chi connectivity index (χ1n) is 8.09. The van der Waals surface area contributed by atoms with Crippen LogP contribution < -0.4 is 10.6 Å². The summed E-state index contributed by atoms with van der Waals surface area (Å²) in [6.07, 6.45) is 0. The fourth-order valence-electron chi connectivity index (χ4n) is 2.65. The molecule has 0 aromatic heterocycles. The van der Waals surface area contributed by atoms with Gasteiger partial charge in [-0.2, -0.15) is 0 Å². The minimum absolute atomic E-state index is 0.150. The van der Waals surface area contributed by atoms with E-state index in [0.29, 0.717) is 26.2 Å². The number of carbonyl (C=O) groups excluding carboxylic acids is 2. The molecule has 1 fully saturated rings. The third kappa shape index (κ3) is 5.26. The minimum Gasteiger partial charge on any atom is -0.332 e. The number of nitrogens with zero attached hydrogens (tertiary/aromatic N) is 2. The van der Waals surface area contributed by atoms with Gasteiger partial charge in [0.05, 0.1) is 23.6 Å². The van der Waals surface area contributed by atoms with E-state index in [9.17, 15) is 18.0 Å². The van der Waals surface area contributed by atoms with Crippen molar-refractivity contribution in [2.75, 3.05) is 37.7 Å². The van der Waals surface area contributed by atoms with Crippen LogP contribution >= 0.6 is 0 Å². The third-order valence-electron chi connectivity index (χ3n) is 4.07. The van der Waals surface area contributed by atoms with Gasteiger partial charge in [0.25, 0.3) is 0 Å². The molecule has 2 N–H and O–H groups in total. The Hall–Kier alpha value is -1.51. The van der Waals surface area contributed by atoms with Crippen LogP contribution in [-0.2, 0) is 9.84 Å². The zero-order valence-electron chi connectivity index (χ0n) is 14.3. The van der Waals surface area contributed by atoms with Crippen LogP contribution in [0.3, 0.4) is 0 Å². The molecule has 0 aliphatic carbocycles. The van der Waals surface area contributed by atoms with Crippen LogP contribution in [0.1, 0.15) is 27.7 Å². The molecule has 1 aliphatic rings. The Morgan fingerprint density at radius 3 is 1.39 bits per heavy atom. The van der Waals surface area contributed by atoms with Crippen molar-refractivity contribution in [3.05, 3.63) is 0 Å². The summed E-state index contributed by atoms with van der Waals surface area (Å²) in [5.74, 6) is -0.299. The molecule has 0 radical (unpaired) electrons. The van der Waals surface area contributed by atoms with Crippen molar-refractivity contribution in [2.24, 2.45) is 0 Å². The molecule has 1 saturated heterocycles. The number of nitrogens with one attached hydrogen (secondary N) is 2. The minimum atomic E-state index is -3.28. The Balaban J connectivity index is 2.79. The van der Waals surface area contributed by atoms with Crippen molar-refractivity contribution in [3.63, 3.8) is 0 Å². The lowest BCUT2D eigenvalue weighted by atomic mass is 10.2. The van der Waals surface area contributed by atoms with Gasteiger partial charge in [-0.1, -0.05) is 0 Å². The summed E-state index contributed by atoms with van der Waals surface area (Å²) in [5.41, 5.74) is 0. The molecule has 4 amide bonds. The first-order chi connectivity index (χ1) is 10.8. The average molecular weight is 348 g/mol. The van der Waals surface area contributed by atoms with E-state index in [0.717, 1.165) is 0 Å². The predicted molar refractivity (Wildman–Crippen MR) is 89.1 cm³/mol. The van der Waals surface area contributed by atoms with Crippen molar-refractivity contribution >= 4 is 21.9 Å². The molecule has 8 nitrogen and oxygen atoms in total. The second-order valence-electron chi connectivity index (χ2n) is 5.53. The van der Waals surface area contributed by atoms with Gasteiger partial charge in [-0.05, 0) is 27.7 Å². The van der Waals surface area contributed by atoms with E-state index in [-0.39, 0.29) is 23.6 Å². The van der Waals surface area contributed by atoms with E-state index in [1.165, 1.54) is 0 Å². The van der Waals surface area contributed by atoms with Crippen molar-refractivity contribution in [1.29, 1.82) is 0 Å². The Labute approximate surface area is 138 Å². The highest BCUT2D eigenvalue weighted by Gasteiger charge is 2.40. The molecular formula is C14H28N4O4S. The van der Waals surface area contributed by atoms with E-state index in [1.54, 1.807) is 9.80 Å². The van der Waals surface area contributed by atoms with Gasteiger partial charge in [0.1, 0.15) is 0 Å². The lowest BCUT2D eigenvalue weighted by Crippen LogP contribution is -2.56. The molecule has 1 heterocycles. The molecular weight excluding hydrogens is 320 g/mol. The molecule has 0 spiro atoms. The van der Waals surface area contributed by atoms with Crippen molar-refractivity contribution in [3.8, 4) is 0 Å². The van der Waals surface area contributed by atoms with E-state index in [4.69, 9.17) is 0 Å². The van der Waals surface area contributed by atoms with Crippen LogP contribution in [-0.4, -0.2) is 80.0 Å². The lowest BCUT2D eigenvalue weighted by Gasteiger charge is -2.27. The van der Waals surface area contributed by atoms with Crippen LogP contribution in [0.4, 0.5) is 9.59 Å². The fraction of sp³-hybridized carbons (Fsp3) is 0.857. The van der Waals surface area contributed by atoms with Crippen LogP contribution in [0.2, 0.25) is 0 Å². The maximum Gasteiger partial charge on any atom is 0.317 e. The average Bonchev–Trinajstić information content (AvgIpc) is 2.75. The van der Waals surface area contributed by atoms with Crippen LogP contribution in [0.15, 0.2) is 0 Å². The van der Waals surface area contributed by atoms with E-state index in [2.05, 4.69) is 10.6 Å². The molecule has 2 unspecified atom stereocenters. The number of sulfone groups is 1. The second-order valence-corrected chi connectivity index (χ2v) is 7.69. The Morgan fingerprint density at radius 1 is 0.826 bits per heavy atom. The van der Waals surface area contributed by atoms with Crippen LogP contribution in [0.5, 0.6) is 0 Å². The maximum absolute atomic E-state index is 12.1. The number of hydrogen-bond donors (Lipinski definition) is 2. The smallest absolute Gasteiger partial charge is 0.317 e. The summed E-state index contributed by atoms with van der Waals surface area (Å²) in [6.45, 7) is 9.58. The molecule has 134 valence electrons. The van der Waals surface area contributed by atoms with Gasteiger partial charge in [-0.3, -0.25) is 0 Å². The first-order valence-corrected chi connectivity index (χ1v) is 9.91. The summed E-state index contributed by atoms with van der Waals surface area (Å²) >= 11 is 0. The van der Waals surface area contributed by atoms with Crippen molar-refractivity contribution in [1.82, 2.24) is 20.4 Å². The normalized spacial score (nSPS) is 22.4. The molecule has 23 heavy (non-hydrogen) atoms.